The van der Waals surface area contributed by atoms with Crippen LogP contribution in [0.3, 0.4) is 0 Å². The maximum Gasteiger partial charge on any atom is 0.115 e. The largest absolute Gasteiger partial charge is 0.508 e. The zero-order valence-electron chi connectivity index (χ0n) is 12.3. The van der Waals surface area contributed by atoms with E-state index in [1.54, 1.807) is 6.07 Å². The fourth-order valence-corrected chi connectivity index (χ4v) is 4.29. The minimum Gasteiger partial charge on any atom is -0.508 e. The van der Waals surface area contributed by atoms with Crippen LogP contribution in [0.25, 0.3) is 0 Å². The first-order chi connectivity index (χ1) is 8.82. The highest BCUT2D eigenvalue weighted by Gasteiger charge is 2.40. The summed E-state index contributed by atoms with van der Waals surface area (Å²) < 4.78 is 0. The Balaban J connectivity index is 2.29. The third-order valence-corrected chi connectivity index (χ3v) is 5.83. The molecule has 0 amide bonds. The summed E-state index contributed by atoms with van der Waals surface area (Å²) in [6.07, 6.45) is 1.01. The van der Waals surface area contributed by atoms with E-state index in [9.17, 15) is 5.11 Å². The van der Waals surface area contributed by atoms with E-state index >= 15 is 0 Å². The summed E-state index contributed by atoms with van der Waals surface area (Å²) >= 11 is 2.00. The molecule has 3 heteroatoms. The van der Waals surface area contributed by atoms with E-state index in [4.69, 9.17) is 5.73 Å². The second-order valence-electron chi connectivity index (χ2n) is 6.56. The molecule has 19 heavy (non-hydrogen) atoms. The van der Waals surface area contributed by atoms with Crippen LogP contribution >= 0.6 is 11.8 Å². The number of fused-ring (bicyclic) bond motifs is 1. The van der Waals surface area contributed by atoms with Gasteiger partial charge < -0.3 is 10.8 Å². The number of thioether (sulfide) groups is 1. The monoisotopic (exact) mass is 279 g/mol. The summed E-state index contributed by atoms with van der Waals surface area (Å²) in [6, 6.07) is 5.86. The van der Waals surface area contributed by atoms with Gasteiger partial charge >= 0.3 is 0 Å². The van der Waals surface area contributed by atoms with Crippen LogP contribution in [0.2, 0.25) is 0 Å². The van der Waals surface area contributed by atoms with Gasteiger partial charge in [-0.15, -0.1) is 0 Å². The predicted octanol–water partition coefficient (Wildman–Crippen LogP) is 3.31. The van der Waals surface area contributed by atoms with Gasteiger partial charge in [0.1, 0.15) is 5.75 Å². The van der Waals surface area contributed by atoms with E-state index in [1.807, 2.05) is 17.8 Å². The number of phenols is 1. The maximum absolute atomic E-state index is 9.70. The fourth-order valence-electron chi connectivity index (χ4n) is 2.81. The fraction of sp³-hybridized carbons (Fsp3) is 0.625. The number of nitrogens with two attached hydrogens (primary N) is 1. The molecule has 0 fully saturated rings. The van der Waals surface area contributed by atoms with E-state index in [0.717, 1.165) is 12.2 Å². The van der Waals surface area contributed by atoms with E-state index in [0.29, 0.717) is 16.9 Å². The van der Waals surface area contributed by atoms with Crippen molar-refractivity contribution in [3.05, 3.63) is 29.3 Å². The summed E-state index contributed by atoms with van der Waals surface area (Å²) in [5.74, 6) is 2.19. The average molecular weight is 279 g/mol. The Morgan fingerprint density at radius 1 is 1.42 bits per heavy atom. The van der Waals surface area contributed by atoms with Gasteiger partial charge in [0, 0.05) is 16.7 Å². The van der Waals surface area contributed by atoms with E-state index in [-0.39, 0.29) is 11.5 Å². The molecule has 1 aromatic carbocycles. The van der Waals surface area contributed by atoms with Crippen molar-refractivity contribution in [3.8, 4) is 5.75 Å². The molecular formula is C16H25NOS. The highest BCUT2D eigenvalue weighted by molar-refractivity contribution is 7.99. The summed E-state index contributed by atoms with van der Waals surface area (Å²) in [5.41, 5.74) is 8.97. The van der Waals surface area contributed by atoms with E-state index < -0.39 is 0 Å². The van der Waals surface area contributed by atoms with Crippen LogP contribution in [-0.4, -0.2) is 22.2 Å². The highest BCUT2D eigenvalue weighted by atomic mass is 32.2. The van der Waals surface area contributed by atoms with E-state index in [1.165, 1.54) is 11.1 Å². The van der Waals surface area contributed by atoms with Crippen LogP contribution in [0.5, 0.6) is 5.75 Å². The molecule has 0 heterocycles. The molecule has 0 aromatic heterocycles. The first kappa shape index (κ1) is 14.7. The molecule has 0 bridgehead atoms. The van der Waals surface area contributed by atoms with Crippen molar-refractivity contribution in [3.63, 3.8) is 0 Å². The van der Waals surface area contributed by atoms with Crippen molar-refractivity contribution < 1.29 is 5.11 Å². The number of benzene rings is 1. The molecule has 3 N–H and O–H groups in total. The summed E-state index contributed by atoms with van der Waals surface area (Å²) in [4.78, 5) is 0. The van der Waals surface area contributed by atoms with Crippen molar-refractivity contribution in [2.24, 2.45) is 11.7 Å². The smallest absolute Gasteiger partial charge is 0.115 e. The number of aromatic hydroxyl groups is 1. The van der Waals surface area contributed by atoms with Crippen LogP contribution in [0.15, 0.2) is 18.2 Å². The van der Waals surface area contributed by atoms with Gasteiger partial charge in [-0.1, -0.05) is 33.8 Å². The molecule has 0 aliphatic heterocycles. The molecule has 2 atom stereocenters. The van der Waals surface area contributed by atoms with Crippen LogP contribution in [0.4, 0.5) is 0 Å². The third-order valence-electron chi connectivity index (χ3n) is 4.09. The summed E-state index contributed by atoms with van der Waals surface area (Å²) in [7, 11) is 0. The van der Waals surface area contributed by atoms with Gasteiger partial charge in [-0.3, -0.25) is 0 Å². The molecule has 0 saturated carbocycles. The predicted molar refractivity (Wildman–Crippen MR) is 83.9 cm³/mol. The lowest BCUT2D eigenvalue weighted by Crippen LogP contribution is -2.52. The first-order valence-electron chi connectivity index (χ1n) is 7.02. The Kier molecular flexibility index (Phi) is 4.17. The standard InChI is InChI=1S/C16H25NOS/c1-10(2)9-19-14-7-11-5-6-12(18)8-13(11)16(3,4)15(14)17/h5-6,8,10,14-15,18H,7,9,17H2,1-4H3. The average Bonchev–Trinajstić information content (AvgIpc) is 2.33. The zero-order chi connectivity index (χ0) is 14.2. The van der Waals surface area contributed by atoms with Crippen molar-refractivity contribution in [2.45, 2.75) is 50.8 Å². The lowest BCUT2D eigenvalue weighted by molar-refractivity contribution is 0.369. The van der Waals surface area contributed by atoms with Crippen LogP contribution in [0.1, 0.15) is 38.8 Å². The Morgan fingerprint density at radius 2 is 2.11 bits per heavy atom. The van der Waals surface area contributed by atoms with Gasteiger partial charge in [0.25, 0.3) is 0 Å². The van der Waals surface area contributed by atoms with Crippen molar-refractivity contribution in [1.29, 1.82) is 0 Å². The summed E-state index contributed by atoms with van der Waals surface area (Å²) in [5, 5.41) is 10.2. The van der Waals surface area contributed by atoms with Gasteiger partial charge in [-0.25, -0.2) is 0 Å². The molecular weight excluding hydrogens is 254 g/mol. The Hall–Kier alpha value is -0.670. The lowest BCUT2D eigenvalue weighted by Gasteiger charge is -2.43. The molecule has 1 aliphatic rings. The lowest BCUT2D eigenvalue weighted by atomic mass is 9.69. The first-order valence-corrected chi connectivity index (χ1v) is 8.06. The number of hydrogen-bond donors (Lipinski definition) is 2. The summed E-state index contributed by atoms with van der Waals surface area (Å²) in [6.45, 7) is 8.88. The van der Waals surface area contributed by atoms with Gasteiger partial charge in [-0.05, 0) is 41.4 Å². The van der Waals surface area contributed by atoms with Gasteiger partial charge in [0.15, 0.2) is 0 Å². The van der Waals surface area contributed by atoms with Crippen molar-refractivity contribution in [2.75, 3.05) is 5.75 Å². The van der Waals surface area contributed by atoms with Gasteiger partial charge in [-0.2, -0.15) is 11.8 Å². The number of hydrogen-bond acceptors (Lipinski definition) is 3. The van der Waals surface area contributed by atoms with Gasteiger partial charge in [0.05, 0.1) is 0 Å². The zero-order valence-corrected chi connectivity index (χ0v) is 13.1. The molecule has 0 spiro atoms. The molecule has 1 aromatic rings. The van der Waals surface area contributed by atoms with Crippen LogP contribution in [-0.2, 0) is 11.8 Å². The number of rotatable bonds is 3. The second-order valence-corrected chi connectivity index (χ2v) is 7.83. The minimum atomic E-state index is -0.0824. The van der Waals surface area contributed by atoms with Crippen molar-refractivity contribution in [1.82, 2.24) is 0 Å². The maximum atomic E-state index is 9.70. The normalized spacial score (nSPS) is 25.4. The molecule has 2 unspecified atom stereocenters. The molecule has 1 aliphatic carbocycles. The molecule has 0 radical (unpaired) electrons. The molecule has 2 nitrogen and oxygen atoms in total. The Labute approximate surface area is 120 Å². The molecule has 106 valence electrons. The van der Waals surface area contributed by atoms with Gasteiger partial charge in [0.2, 0.25) is 0 Å². The topological polar surface area (TPSA) is 46.2 Å². The minimum absolute atomic E-state index is 0.0824. The Morgan fingerprint density at radius 3 is 2.74 bits per heavy atom. The highest BCUT2D eigenvalue weighted by Crippen LogP contribution is 2.41. The van der Waals surface area contributed by atoms with Crippen molar-refractivity contribution >= 4 is 11.8 Å². The van der Waals surface area contributed by atoms with E-state index in [2.05, 4.69) is 33.8 Å². The number of phenolic OH excluding ortho intramolecular Hbond substituents is 1. The SMILES string of the molecule is CC(C)CSC1Cc2ccc(O)cc2C(C)(C)C1N. The molecule has 0 saturated heterocycles. The second kappa shape index (κ2) is 5.37. The van der Waals surface area contributed by atoms with Crippen LogP contribution in [0, 0.1) is 5.92 Å². The Bertz CT molecular complexity index is 456. The quantitative estimate of drug-likeness (QED) is 0.892. The third kappa shape index (κ3) is 2.92. The molecule has 2 rings (SSSR count). The van der Waals surface area contributed by atoms with Crippen LogP contribution < -0.4 is 5.73 Å².